The first-order valence-electron chi connectivity index (χ1n) is 19.6. The van der Waals surface area contributed by atoms with Gasteiger partial charge in [-0.1, -0.05) is 74.0 Å². The van der Waals surface area contributed by atoms with E-state index in [1.165, 1.54) is 5.57 Å². The highest BCUT2D eigenvalue weighted by Crippen LogP contribution is 2.75. The fourth-order valence-electron chi connectivity index (χ4n) is 12.5. The Morgan fingerprint density at radius 2 is 1.86 bits per heavy atom. The van der Waals surface area contributed by atoms with E-state index in [9.17, 15) is 9.90 Å². The van der Waals surface area contributed by atoms with E-state index < -0.39 is 28.3 Å². The van der Waals surface area contributed by atoms with Crippen LogP contribution in [0.4, 0.5) is 0 Å². The van der Waals surface area contributed by atoms with Crippen LogP contribution in [-0.4, -0.2) is 62.3 Å². The largest absolute Gasteiger partial charge is 0.481 e. The molecule has 2 aromatic heterocycles. The molecular formula is C41H63N5O4S. The first-order chi connectivity index (χ1) is 23.9. The maximum Gasteiger partial charge on any atom is 0.307 e. The number of allylic oxidation sites excluding steroid dienone is 1. The quantitative estimate of drug-likeness (QED) is 0.248. The number of fused-ring (bicyclic) bond motifs is 3. The van der Waals surface area contributed by atoms with Gasteiger partial charge in [0, 0.05) is 22.5 Å². The number of nitrogens with zero attached hydrogens (tertiary/aromatic N) is 4. The molecule has 4 fully saturated rings. The van der Waals surface area contributed by atoms with Gasteiger partial charge >= 0.3 is 5.97 Å². The first-order valence-corrected chi connectivity index (χ1v) is 20.5. The Balaban J connectivity index is 1.40. The van der Waals surface area contributed by atoms with E-state index in [1.807, 2.05) is 11.6 Å². The number of aliphatic carboxylic acids is 1. The van der Waals surface area contributed by atoms with Crippen LogP contribution in [-0.2, 0) is 14.3 Å². The van der Waals surface area contributed by atoms with Crippen LogP contribution in [0.1, 0.15) is 114 Å². The zero-order valence-corrected chi connectivity index (χ0v) is 33.6. The fourth-order valence-corrected chi connectivity index (χ4v) is 13.1. The minimum atomic E-state index is -0.633. The van der Waals surface area contributed by atoms with Gasteiger partial charge < -0.3 is 20.3 Å². The molecule has 3 saturated carbocycles. The third-order valence-electron chi connectivity index (χ3n) is 16.4. The molecule has 51 heavy (non-hydrogen) atoms. The summed E-state index contributed by atoms with van der Waals surface area (Å²) in [6.45, 7) is 24.4. The molecule has 0 unspecified atom stereocenters. The molecule has 4 aliphatic carbocycles. The SMILES string of the molecule is CC(C)[C@@H](C)[C@@]1(C)CC[C@]2(C)[C@H]3CC[C@@H]4[C@@]5(C)COC[C@@]4(C3=CC[C@@]2(C)[C@@H]1C(=O)O)[C@@H](OC[C@](C)(N)C(C)C)[C@H](n1ncnc1-c1nccs1)C5. The highest BCUT2D eigenvalue weighted by atomic mass is 32.1. The van der Waals surface area contributed by atoms with E-state index in [1.54, 1.807) is 17.7 Å². The van der Waals surface area contributed by atoms with E-state index in [-0.39, 0.29) is 40.2 Å². The molecule has 7 rings (SSSR count). The molecule has 282 valence electrons. The summed E-state index contributed by atoms with van der Waals surface area (Å²) in [5.74, 6) is 1.23. The molecule has 1 saturated heterocycles. The van der Waals surface area contributed by atoms with Crippen LogP contribution in [0.2, 0.25) is 0 Å². The van der Waals surface area contributed by atoms with Gasteiger partial charge in [-0.05, 0) is 96.7 Å². The van der Waals surface area contributed by atoms with Crippen molar-refractivity contribution in [1.82, 2.24) is 19.7 Å². The number of aromatic nitrogens is 4. The van der Waals surface area contributed by atoms with E-state index in [0.717, 1.165) is 49.4 Å². The van der Waals surface area contributed by atoms with Crippen molar-refractivity contribution in [3.05, 3.63) is 29.6 Å². The Hall–Kier alpha value is -2.14. The molecule has 3 N–H and O–H groups in total. The molecular weight excluding hydrogens is 659 g/mol. The lowest BCUT2D eigenvalue weighted by Gasteiger charge is -2.71. The third kappa shape index (κ3) is 5.22. The summed E-state index contributed by atoms with van der Waals surface area (Å²) >= 11 is 1.58. The van der Waals surface area contributed by atoms with Gasteiger partial charge in [-0.15, -0.1) is 11.3 Å². The normalized spacial score (nSPS) is 42.4. The van der Waals surface area contributed by atoms with E-state index in [4.69, 9.17) is 25.3 Å². The monoisotopic (exact) mass is 721 g/mol. The number of thiazole rings is 1. The van der Waals surface area contributed by atoms with Crippen molar-refractivity contribution in [2.75, 3.05) is 19.8 Å². The number of nitrogens with two attached hydrogens (primary N) is 1. The lowest BCUT2D eigenvalue weighted by molar-refractivity contribution is -0.254. The summed E-state index contributed by atoms with van der Waals surface area (Å²) in [6, 6.07) is -0.103. The van der Waals surface area contributed by atoms with Gasteiger partial charge in [0.05, 0.1) is 37.9 Å². The molecule has 5 aliphatic rings. The van der Waals surface area contributed by atoms with Crippen LogP contribution in [0.15, 0.2) is 29.6 Å². The Morgan fingerprint density at radius 1 is 1.12 bits per heavy atom. The average Bonchev–Trinajstić information content (AvgIpc) is 3.76. The maximum absolute atomic E-state index is 13.6. The van der Waals surface area contributed by atoms with Gasteiger partial charge in [0.1, 0.15) is 6.33 Å². The molecule has 0 spiro atoms. The number of ether oxygens (including phenoxy) is 2. The number of hydrogen-bond acceptors (Lipinski definition) is 8. The minimum Gasteiger partial charge on any atom is -0.481 e. The molecule has 12 atom stereocenters. The van der Waals surface area contributed by atoms with E-state index in [2.05, 4.69) is 85.0 Å². The molecule has 9 nitrogen and oxygen atoms in total. The Kier molecular flexibility index (Phi) is 9.08. The predicted molar refractivity (Wildman–Crippen MR) is 201 cm³/mol. The third-order valence-corrected chi connectivity index (χ3v) is 17.2. The van der Waals surface area contributed by atoms with Crippen molar-refractivity contribution in [2.24, 2.45) is 68.3 Å². The maximum atomic E-state index is 13.6. The Morgan fingerprint density at radius 3 is 2.51 bits per heavy atom. The molecule has 0 amide bonds. The molecule has 2 aromatic rings. The predicted octanol–water partition coefficient (Wildman–Crippen LogP) is 8.29. The topological polar surface area (TPSA) is 125 Å². The summed E-state index contributed by atoms with van der Waals surface area (Å²) in [5, 5.41) is 18.9. The van der Waals surface area contributed by atoms with Crippen molar-refractivity contribution in [2.45, 2.75) is 125 Å². The molecule has 10 heteroatoms. The van der Waals surface area contributed by atoms with Gasteiger partial charge in [-0.25, -0.2) is 14.6 Å². The number of carboxylic acids is 1. The van der Waals surface area contributed by atoms with Crippen LogP contribution >= 0.6 is 11.3 Å². The van der Waals surface area contributed by atoms with Crippen molar-refractivity contribution in [3.8, 4) is 10.8 Å². The highest BCUT2D eigenvalue weighted by Gasteiger charge is 2.72. The van der Waals surface area contributed by atoms with Gasteiger partial charge in [-0.2, -0.15) is 5.10 Å². The van der Waals surface area contributed by atoms with Gasteiger partial charge in [0.15, 0.2) is 10.8 Å². The van der Waals surface area contributed by atoms with Gasteiger partial charge in [0.2, 0.25) is 0 Å². The number of rotatable bonds is 9. The molecule has 3 heterocycles. The first kappa shape index (κ1) is 37.2. The van der Waals surface area contributed by atoms with Crippen LogP contribution in [0.25, 0.3) is 10.8 Å². The molecule has 0 aromatic carbocycles. The standard InChI is InChI=1S/C41H63N5O4S/c1-24(2)26(5)37(7)15-16-38(8)27-11-12-30-36(6)19-29(46-33(44-23-45-46)34-43-17-18-51-34)32(50-21-40(10,42)25(3)4)41(30,22-49-20-36)28(27)13-14-39(38,9)31(37)35(47)48/h13,17-18,23-27,29-32H,11-12,14-16,19-22,42H2,1-10H3,(H,47,48)/t26-,27+,29-,30-,31-,32+,36-,37-,38-,39+,40+,41+/m1/s1. The lowest BCUT2D eigenvalue weighted by Crippen LogP contribution is -2.70. The lowest BCUT2D eigenvalue weighted by atomic mass is 9.34. The van der Waals surface area contributed by atoms with Crippen molar-refractivity contribution in [1.29, 1.82) is 0 Å². The minimum absolute atomic E-state index is 0.103. The Bertz CT molecular complexity index is 1650. The second-order valence-electron chi connectivity index (χ2n) is 19.4. The second-order valence-corrected chi connectivity index (χ2v) is 20.3. The highest BCUT2D eigenvalue weighted by molar-refractivity contribution is 7.13. The fraction of sp³-hybridized carbons (Fsp3) is 0.805. The number of carboxylic acid groups (broad SMARTS) is 1. The smallest absolute Gasteiger partial charge is 0.307 e. The summed E-state index contributed by atoms with van der Waals surface area (Å²) in [6.07, 6.45) is 11.4. The Labute approximate surface area is 309 Å². The molecule has 1 aliphatic heterocycles. The zero-order valence-electron chi connectivity index (χ0n) is 32.7. The van der Waals surface area contributed by atoms with Crippen LogP contribution in [0.5, 0.6) is 0 Å². The van der Waals surface area contributed by atoms with Crippen molar-refractivity contribution in [3.63, 3.8) is 0 Å². The van der Waals surface area contributed by atoms with Gasteiger partial charge in [0.25, 0.3) is 0 Å². The van der Waals surface area contributed by atoms with Crippen LogP contribution in [0.3, 0.4) is 0 Å². The summed E-state index contributed by atoms with van der Waals surface area (Å²) < 4.78 is 16.2. The van der Waals surface area contributed by atoms with Crippen LogP contribution < -0.4 is 5.73 Å². The van der Waals surface area contributed by atoms with Gasteiger partial charge in [-0.3, -0.25) is 4.79 Å². The zero-order chi connectivity index (χ0) is 36.9. The second kappa shape index (κ2) is 12.5. The molecule has 2 bridgehead atoms. The number of hydrogen-bond donors (Lipinski definition) is 2. The van der Waals surface area contributed by atoms with Crippen molar-refractivity contribution >= 4 is 17.3 Å². The van der Waals surface area contributed by atoms with Crippen LogP contribution in [0, 0.1) is 62.6 Å². The number of carbonyl (C=O) groups is 1. The molecule has 0 radical (unpaired) electrons. The van der Waals surface area contributed by atoms with E-state index >= 15 is 0 Å². The summed E-state index contributed by atoms with van der Waals surface area (Å²) in [7, 11) is 0. The summed E-state index contributed by atoms with van der Waals surface area (Å²) in [5.41, 5.74) is 6.50. The summed E-state index contributed by atoms with van der Waals surface area (Å²) in [4.78, 5) is 23.0. The average molecular weight is 722 g/mol. The van der Waals surface area contributed by atoms with E-state index in [0.29, 0.717) is 37.6 Å². The van der Waals surface area contributed by atoms with Crippen molar-refractivity contribution < 1.29 is 19.4 Å².